The lowest BCUT2D eigenvalue weighted by Gasteiger charge is -2.16. The second-order valence-corrected chi connectivity index (χ2v) is 6.39. The number of nitrogens with one attached hydrogen (secondary N) is 2. The van der Waals surface area contributed by atoms with Gasteiger partial charge in [0.1, 0.15) is 17.5 Å². The Morgan fingerprint density at radius 3 is 2.39 bits per heavy atom. The lowest BCUT2D eigenvalue weighted by molar-refractivity contribution is 0.0526. The van der Waals surface area contributed by atoms with Crippen LogP contribution in [0.15, 0.2) is 60.7 Å². The van der Waals surface area contributed by atoms with Gasteiger partial charge in [0.2, 0.25) is 0 Å². The van der Waals surface area contributed by atoms with E-state index in [4.69, 9.17) is 4.74 Å². The van der Waals surface area contributed by atoms with Crippen LogP contribution in [-0.2, 0) is 4.74 Å². The molecule has 3 aromatic rings. The molecule has 0 bridgehead atoms. The lowest BCUT2D eigenvalue weighted by Crippen LogP contribution is -2.09. The minimum absolute atomic E-state index is 0.118. The van der Waals surface area contributed by atoms with E-state index in [0.29, 0.717) is 23.8 Å². The van der Waals surface area contributed by atoms with Gasteiger partial charge in [-0.1, -0.05) is 30.3 Å². The maximum Gasteiger partial charge on any atom is 0.338 e. The number of esters is 1. The number of nitrogens with zero attached hydrogens (tertiary/aromatic N) is 2. The highest BCUT2D eigenvalue weighted by atomic mass is 16.5. The van der Waals surface area contributed by atoms with E-state index in [9.17, 15) is 4.79 Å². The molecule has 1 atom stereocenters. The van der Waals surface area contributed by atoms with Gasteiger partial charge in [-0.05, 0) is 50.6 Å². The second kappa shape index (κ2) is 8.99. The molecule has 2 aromatic carbocycles. The van der Waals surface area contributed by atoms with Crippen LogP contribution in [0, 0.1) is 6.92 Å². The highest BCUT2D eigenvalue weighted by Crippen LogP contribution is 2.22. The molecule has 0 aliphatic rings. The largest absolute Gasteiger partial charge is 0.462 e. The zero-order valence-electron chi connectivity index (χ0n) is 16.3. The summed E-state index contributed by atoms with van der Waals surface area (Å²) in [5, 5.41) is 6.66. The standard InChI is InChI=1S/C22H24N4O2/c1-4-28-22(27)18-10-12-19(13-11-18)26-21-14-20(24-16(3)25-21)23-15(2)17-8-6-5-7-9-17/h5-15H,4H2,1-3H3,(H2,23,24,25,26). The van der Waals surface area contributed by atoms with E-state index in [-0.39, 0.29) is 12.0 Å². The van der Waals surface area contributed by atoms with Crippen molar-refractivity contribution in [3.05, 3.63) is 77.6 Å². The number of hydrogen-bond donors (Lipinski definition) is 2. The Morgan fingerprint density at radius 2 is 1.71 bits per heavy atom. The number of rotatable bonds is 7. The van der Waals surface area contributed by atoms with E-state index in [1.165, 1.54) is 5.56 Å². The van der Waals surface area contributed by atoms with Crippen LogP contribution in [0.3, 0.4) is 0 Å². The fourth-order valence-corrected chi connectivity index (χ4v) is 2.80. The molecule has 0 saturated heterocycles. The van der Waals surface area contributed by atoms with Crippen molar-refractivity contribution in [1.82, 2.24) is 9.97 Å². The van der Waals surface area contributed by atoms with Crippen molar-refractivity contribution >= 4 is 23.3 Å². The van der Waals surface area contributed by atoms with E-state index in [0.717, 1.165) is 11.5 Å². The van der Waals surface area contributed by atoms with Gasteiger partial charge in [0, 0.05) is 17.8 Å². The number of carbonyl (C=O) groups is 1. The van der Waals surface area contributed by atoms with Crippen LogP contribution in [0.1, 0.15) is 41.6 Å². The normalized spacial score (nSPS) is 11.5. The van der Waals surface area contributed by atoms with Crippen molar-refractivity contribution in [2.75, 3.05) is 17.2 Å². The van der Waals surface area contributed by atoms with Gasteiger partial charge in [-0.2, -0.15) is 0 Å². The molecule has 1 unspecified atom stereocenters. The third-order valence-corrected chi connectivity index (χ3v) is 4.17. The van der Waals surface area contributed by atoms with Crippen molar-refractivity contribution in [1.29, 1.82) is 0 Å². The number of benzene rings is 2. The Bertz CT molecular complexity index is 927. The number of ether oxygens (including phenoxy) is 1. The molecule has 1 aromatic heterocycles. The summed E-state index contributed by atoms with van der Waals surface area (Å²) in [6.45, 7) is 6.09. The SMILES string of the molecule is CCOC(=O)c1ccc(Nc2cc(NC(C)c3ccccc3)nc(C)n2)cc1. The molecule has 0 amide bonds. The Labute approximate surface area is 165 Å². The van der Waals surface area contributed by atoms with Crippen LogP contribution in [0.25, 0.3) is 0 Å². The molecule has 2 N–H and O–H groups in total. The first-order valence-electron chi connectivity index (χ1n) is 9.26. The van der Waals surface area contributed by atoms with E-state index in [1.54, 1.807) is 19.1 Å². The Balaban J connectivity index is 1.72. The molecule has 0 radical (unpaired) electrons. The number of hydrogen-bond acceptors (Lipinski definition) is 6. The van der Waals surface area contributed by atoms with Crippen molar-refractivity contribution in [2.45, 2.75) is 26.8 Å². The maximum atomic E-state index is 11.8. The Hall–Kier alpha value is -3.41. The lowest BCUT2D eigenvalue weighted by atomic mass is 10.1. The predicted molar refractivity (Wildman–Crippen MR) is 111 cm³/mol. The summed E-state index contributed by atoms with van der Waals surface area (Å²) in [5.74, 6) is 1.76. The van der Waals surface area contributed by atoms with Gasteiger partial charge in [-0.25, -0.2) is 14.8 Å². The van der Waals surface area contributed by atoms with E-state index < -0.39 is 0 Å². The predicted octanol–water partition coefficient (Wildman–Crippen LogP) is 4.88. The van der Waals surface area contributed by atoms with Crippen LogP contribution in [0.5, 0.6) is 0 Å². The van der Waals surface area contributed by atoms with Gasteiger partial charge >= 0.3 is 5.97 Å². The highest BCUT2D eigenvalue weighted by Gasteiger charge is 2.09. The molecule has 1 heterocycles. The van der Waals surface area contributed by atoms with Crippen molar-refractivity contribution in [3.8, 4) is 0 Å². The first kappa shape index (κ1) is 19.4. The third-order valence-electron chi connectivity index (χ3n) is 4.17. The van der Waals surface area contributed by atoms with Gasteiger partial charge in [0.05, 0.1) is 12.2 Å². The molecule has 6 nitrogen and oxygen atoms in total. The first-order valence-corrected chi connectivity index (χ1v) is 9.26. The second-order valence-electron chi connectivity index (χ2n) is 6.39. The average molecular weight is 376 g/mol. The Morgan fingerprint density at radius 1 is 1.04 bits per heavy atom. The van der Waals surface area contributed by atoms with Crippen LogP contribution < -0.4 is 10.6 Å². The van der Waals surface area contributed by atoms with Gasteiger partial charge in [-0.15, -0.1) is 0 Å². The summed E-state index contributed by atoms with van der Waals surface area (Å²) in [6.07, 6.45) is 0. The number of carbonyl (C=O) groups excluding carboxylic acids is 1. The molecule has 0 fully saturated rings. The quantitative estimate of drug-likeness (QED) is 0.573. The smallest absolute Gasteiger partial charge is 0.338 e. The molecule has 144 valence electrons. The Kier molecular flexibility index (Phi) is 6.22. The summed E-state index contributed by atoms with van der Waals surface area (Å²) in [5.41, 5.74) is 2.53. The van der Waals surface area contributed by atoms with Crippen LogP contribution in [0.2, 0.25) is 0 Å². The van der Waals surface area contributed by atoms with Crippen LogP contribution >= 0.6 is 0 Å². The molecular formula is C22H24N4O2. The molecule has 0 aliphatic heterocycles. The van der Waals surface area contributed by atoms with Crippen molar-refractivity contribution in [2.24, 2.45) is 0 Å². The summed E-state index contributed by atoms with van der Waals surface area (Å²) < 4.78 is 5.00. The summed E-state index contributed by atoms with van der Waals surface area (Å²) in [7, 11) is 0. The molecule has 28 heavy (non-hydrogen) atoms. The van der Waals surface area contributed by atoms with Crippen LogP contribution in [0.4, 0.5) is 17.3 Å². The fourth-order valence-electron chi connectivity index (χ4n) is 2.80. The number of aromatic nitrogens is 2. The van der Waals surface area contributed by atoms with E-state index in [2.05, 4.69) is 39.7 Å². The molecular weight excluding hydrogens is 352 g/mol. The minimum atomic E-state index is -0.326. The van der Waals surface area contributed by atoms with Crippen LogP contribution in [-0.4, -0.2) is 22.5 Å². The molecule has 6 heteroatoms. The van der Waals surface area contributed by atoms with E-state index >= 15 is 0 Å². The fraction of sp³-hybridized carbons (Fsp3) is 0.227. The summed E-state index contributed by atoms with van der Waals surface area (Å²) in [4.78, 5) is 20.7. The average Bonchev–Trinajstić information content (AvgIpc) is 2.69. The zero-order valence-corrected chi connectivity index (χ0v) is 16.3. The third kappa shape index (κ3) is 5.07. The number of aryl methyl sites for hydroxylation is 1. The highest BCUT2D eigenvalue weighted by molar-refractivity contribution is 5.89. The summed E-state index contributed by atoms with van der Waals surface area (Å²) >= 11 is 0. The minimum Gasteiger partial charge on any atom is -0.462 e. The topological polar surface area (TPSA) is 76.1 Å². The van der Waals surface area contributed by atoms with Gasteiger partial charge < -0.3 is 15.4 Å². The van der Waals surface area contributed by atoms with Crippen molar-refractivity contribution < 1.29 is 9.53 Å². The van der Waals surface area contributed by atoms with Gasteiger partial charge in [0.25, 0.3) is 0 Å². The van der Waals surface area contributed by atoms with E-state index in [1.807, 2.05) is 43.3 Å². The first-order chi connectivity index (χ1) is 13.5. The summed E-state index contributed by atoms with van der Waals surface area (Å²) in [6, 6.07) is 19.3. The molecule has 0 spiro atoms. The zero-order chi connectivity index (χ0) is 19.9. The molecule has 3 rings (SSSR count). The van der Waals surface area contributed by atoms with Crippen molar-refractivity contribution in [3.63, 3.8) is 0 Å². The molecule has 0 aliphatic carbocycles. The van der Waals surface area contributed by atoms with Gasteiger partial charge in [-0.3, -0.25) is 0 Å². The monoisotopic (exact) mass is 376 g/mol. The van der Waals surface area contributed by atoms with Gasteiger partial charge in [0.15, 0.2) is 0 Å². The maximum absolute atomic E-state index is 11.8. The molecule has 0 saturated carbocycles. The number of anilines is 3.